The number of alkyl halides is 9. The Hall–Kier alpha value is -12.0. The van der Waals surface area contributed by atoms with E-state index in [4.69, 9.17) is 28.4 Å². The largest absolute Gasteiger partial charge is 0.493 e. The first-order chi connectivity index (χ1) is 53.5. The molecule has 0 aromatic heterocycles. The Morgan fingerprint density at radius 1 is 0.366 bits per heavy atom. The molecule has 9 aromatic rings. The zero-order valence-corrected chi connectivity index (χ0v) is 63.2. The van der Waals surface area contributed by atoms with Gasteiger partial charge in [-0.25, -0.2) is 0 Å². The van der Waals surface area contributed by atoms with E-state index in [1.807, 2.05) is 6.92 Å². The molecular weight excluding hydrogens is 1470 g/mol. The van der Waals surface area contributed by atoms with Crippen molar-refractivity contribution in [2.45, 2.75) is 82.2 Å². The van der Waals surface area contributed by atoms with Crippen molar-refractivity contribution in [3.05, 3.63) is 268 Å². The van der Waals surface area contributed by atoms with Gasteiger partial charge in [0, 0.05) is 75.0 Å². The molecule has 0 fully saturated rings. The van der Waals surface area contributed by atoms with Gasteiger partial charge in [-0.1, -0.05) is 141 Å². The molecule has 9 aromatic carbocycles. The molecule has 0 radical (unpaired) electrons. The number of methoxy groups -OCH3 is 6. The quantitative estimate of drug-likeness (QED) is 0.0274. The van der Waals surface area contributed by atoms with E-state index in [9.17, 15) is 68.3 Å². The molecule has 594 valence electrons. The molecule has 6 amide bonds. The summed E-state index contributed by atoms with van der Waals surface area (Å²) in [6, 6.07) is 55.4. The normalized spacial score (nSPS) is 11.9. The van der Waals surface area contributed by atoms with Gasteiger partial charge in [0.25, 0.3) is 0 Å². The number of carbonyl (C=O) groups excluding carboxylic acids is 6. The predicted molar refractivity (Wildman–Crippen MR) is 409 cm³/mol. The zero-order chi connectivity index (χ0) is 81.7. The summed E-state index contributed by atoms with van der Waals surface area (Å²) < 4.78 is 148. The van der Waals surface area contributed by atoms with Gasteiger partial charge in [0.15, 0.2) is 34.5 Å². The predicted octanol–water partition coefficient (Wildman–Crippen LogP) is 16.4. The smallest absolute Gasteiger partial charge is 0.416 e. The third kappa shape index (κ3) is 24.2. The number of anilines is 3. The number of hydrogen-bond acceptors (Lipinski definition) is 12. The van der Waals surface area contributed by atoms with E-state index in [2.05, 4.69) is 16.0 Å². The van der Waals surface area contributed by atoms with E-state index < -0.39 is 82.5 Å². The lowest BCUT2D eigenvalue weighted by molar-refractivity contribution is -0.138. The molecule has 0 saturated carbocycles. The second-order valence-corrected chi connectivity index (χ2v) is 25.2. The highest BCUT2D eigenvalue weighted by molar-refractivity contribution is 6.14. The van der Waals surface area contributed by atoms with Crippen LogP contribution in [-0.2, 0) is 66.6 Å². The van der Waals surface area contributed by atoms with Crippen LogP contribution in [0, 0.1) is 0 Å². The molecule has 3 unspecified atom stereocenters. The van der Waals surface area contributed by atoms with Crippen LogP contribution in [0.3, 0.4) is 0 Å². The van der Waals surface area contributed by atoms with E-state index >= 15 is 0 Å². The summed E-state index contributed by atoms with van der Waals surface area (Å²) in [5, 5.41) is 8.10. The Morgan fingerprint density at radius 2 is 0.696 bits per heavy atom. The van der Waals surface area contributed by atoms with Crippen LogP contribution in [0.2, 0.25) is 0 Å². The second-order valence-electron chi connectivity index (χ2n) is 25.2. The first kappa shape index (κ1) is 87.2. The maximum absolute atomic E-state index is 14.0. The van der Waals surface area contributed by atoms with Crippen LogP contribution in [0.25, 0.3) is 0 Å². The molecule has 18 nitrogen and oxygen atoms in total. The van der Waals surface area contributed by atoms with Crippen molar-refractivity contribution in [1.29, 1.82) is 0 Å². The summed E-state index contributed by atoms with van der Waals surface area (Å²) in [6.07, 6.45) is -10.9. The van der Waals surface area contributed by atoms with Gasteiger partial charge in [-0.3, -0.25) is 28.8 Å². The molecule has 27 heteroatoms. The van der Waals surface area contributed by atoms with Gasteiger partial charge >= 0.3 is 18.5 Å². The molecule has 0 aliphatic heterocycles. The van der Waals surface area contributed by atoms with Crippen LogP contribution in [-0.4, -0.2) is 123 Å². The zero-order valence-electron chi connectivity index (χ0n) is 63.2. The molecule has 0 bridgehead atoms. The lowest BCUT2D eigenvalue weighted by Crippen LogP contribution is -2.43. The fraction of sp³-hybridized carbons (Fsp3) is 0.294. The summed E-state index contributed by atoms with van der Waals surface area (Å²) in [4.78, 5) is 85.6. The number of hydrogen-bond donors (Lipinski definition) is 3. The lowest BCUT2D eigenvalue weighted by atomic mass is 9.95. The molecular formula is C85H89F9N6O12. The minimum absolute atomic E-state index is 0.111. The van der Waals surface area contributed by atoms with Gasteiger partial charge in [0.2, 0.25) is 35.4 Å². The molecule has 0 aliphatic carbocycles. The number of ether oxygens (including phenoxy) is 6. The number of carbonyl (C=O) groups is 6. The van der Waals surface area contributed by atoms with Crippen LogP contribution in [0.15, 0.2) is 218 Å². The van der Waals surface area contributed by atoms with Crippen molar-refractivity contribution in [3.63, 3.8) is 0 Å². The van der Waals surface area contributed by atoms with E-state index in [-0.39, 0.29) is 38.4 Å². The third-order valence-corrected chi connectivity index (χ3v) is 17.9. The Labute approximate surface area is 644 Å². The number of likely N-dealkylation sites (N-methyl/N-ethyl adjacent to an activating group) is 2. The average molecular weight is 1560 g/mol. The van der Waals surface area contributed by atoms with Gasteiger partial charge in [-0.2, -0.15) is 39.5 Å². The molecule has 112 heavy (non-hydrogen) atoms. The summed E-state index contributed by atoms with van der Waals surface area (Å²) in [7, 11) is 10.4. The third-order valence-electron chi connectivity index (χ3n) is 17.9. The number of nitrogens with one attached hydrogen (secondary N) is 3. The SMILES string of the molecule is CCCCN(CCc1ccc(C(F)(F)F)cc1)C(=O)C(C(=O)Nc1ccc(OC)c(OC)c1)c1ccccc1.CCNC(=O)C(C(=O)N(CCc1ccc(C(F)(F)F)cc1)c1ccc(OC)c(OC)c1)c1ccccc1.CNC(=O)C(C(=O)N(CCc1ccc(C(F)(F)F)cc1)c1ccc(OC)c(OC)c1)c1ccccc1. The van der Waals surface area contributed by atoms with Crippen molar-refractivity contribution >= 4 is 52.5 Å². The number of nitrogens with zero attached hydrogens (tertiary/aromatic N) is 3. The number of halogens is 9. The molecule has 0 saturated heterocycles. The van der Waals surface area contributed by atoms with Crippen molar-refractivity contribution in [2.24, 2.45) is 0 Å². The van der Waals surface area contributed by atoms with Gasteiger partial charge in [0.05, 0.1) is 59.3 Å². The maximum atomic E-state index is 14.0. The highest BCUT2D eigenvalue weighted by atomic mass is 19.4. The maximum Gasteiger partial charge on any atom is 0.416 e. The van der Waals surface area contributed by atoms with Crippen molar-refractivity contribution in [1.82, 2.24) is 15.5 Å². The Balaban J connectivity index is 0.000000233. The monoisotopic (exact) mass is 1560 g/mol. The van der Waals surface area contributed by atoms with Crippen molar-refractivity contribution in [2.75, 3.05) is 97.5 Å². The minimum Gasteiger partial charge on any atom is -0.493 e. The first-order valence-corrected chi connectivity index (χ1v) is 35.6. The van der Waals surface area contributed by atoms with Crippen molar-refractivity contribution < 1.29 is 96.7 Å². The number of amides is 6. The Kier molecular flexibility index (Phi) is 32.4. The second kappa shape index (κ2) is 41.7. The Morgan fingerprint density at radius 3 is 1.03 bits per heavy atom. The van der Waals surface area contributed by atoms with Gasteiger partial charge in [-0.15, -0.1) is 0 Å². The summed E-state index contributed by atoms with van der Waals surface area (Å²) in [5.41, 5.74) is 2.61. The topological polar surface area (TPSA) is 204 Å². The highest BCUT2D eigenvalue weighted by Crippen LogP contribution is 2.38. The van der Waals surface area contributed by atoms with Crippen LogP contribution in [0.5, 0.6) is 34.5 Å². The lowest BCUT2D eigenvalue weighted by Gasteiger charge is -2.28. The molecule has 3 atom stereocenters. The van der Waals surface area contributed by atoms with E-state index in [1.54, 1.807) is 157 Å². The van der Waals surface area contributed by atoms with Gasteiger partial charge < -0.3 is 59.1 Å². The van der Waals surface area contributed by atoms with Gasteiger partial charge in [-0.05, 0) is 139 Å². The van der Waals surface area contributed by atoms with Crippen LogP contribution < -0.4 is 54.2 Å². The fourth-order valence-corrected chi connectivity index (χ4v) is 11.9. The minimum atomic E-state index is -4.43. The molecule has 9 rings (SSSR count). The van der Waals surface area contributed by atoms with Crippen LogP contribution in [0.4, 0.5) is 56.6 Å². The van der Waals surface area contributed by atoms with Crippen molar-refractivity contribution in [3.8, 4) is 34.5 Å². The first-order valence-electron chi connectivity index (χ1n) is 35.6. The molecule has 0 spiro atoms. The van der Waals surface area contributed by atoms with Crippen LogP contribution in [0.1, 0.15) is 94.5 Å². The molecule has 0 aliphatic rings. The van der Waals surface area contributed by atoms with E-state index in [0.717, 1.165) is 49.2 Å². The van der Waals surface area contributed by atoms with Gasteiger partial charge in [0.1, 0.15) is 17.8 Å². The number of unbranched alkanes of at least 4 members (excludes halogenated alkanes) is 1. The standard InChI is InChI=1S/C30H33F3N2O4.C28H29F3N2O4.C27H27F3N2O4/c1-4-5-18-35(19-17-21-11-13-23(14-12-21)30(31,32)33)29(37)27(22-9-7-6-8-10-22)28(36)34-24-15-16-25(38-2)26(20-24)39-3;1-4-32-26(34)25(20-8-6-5-7-9-20)27(35)33(22-14-15-23(36-2)24(18-22)37-3)17-16-19-10-12-21(13-11-19)28(29,30)31;1-31-25(33)24(19-7-5-4-6-8-19)26(34)32(21-13-14-22(35-2)23(17-21)36-3)16-15-18-9-11-20(12-10-18)27(28,29)30/h6-16,20,27H,4-5,17-19H2,1-3H3,(H,34,36);5-15,18,25H,4,16-17H2,1-3H3,(H,32,34);4-14,17,24H,15-16H2,1-3H3,(H,31,33). The Bertz CT molecular complexity index is 4520. The van der Waals surface area contributed by atoms with Crippen LogP contribution >= 0.6 is 0 Å². The molecule has 3 N–H and O–H groups in total. The summed E-state index contributed by atoms with van der Waals surface area (Å²) in [5.74, 6) is -3.51. The molecule has 0 heterocycles. The summed E-state index contributed by atoms with van der Waals surface area (Å²) >= 11 is 0. The number of benzene rings is 9. The average Bonchev–Trinajstić information content (AvgIpc) is 0.802. The fourth-order valence-electron chi connectivity index (χ4n) is 11.9. The van der Waals surface area contributed by atoms with E-state index in [0.29, 0.717) is 104 Å². The van der Waals surface area contributed by atoms with E-state index in [1.165, 1.54) is 95.9 Å². The summed E-state index contributed by atoms with van der Waals surface area (Å²) in [6.45, 7) is 5.01. The highest BCUT2D eigenvalue weighted by Gasteiger charge is 2.38. The number of rotatable bonds is 31.